The summed E-state index contributed by atoms with van der Waals surface area (Å²) in [5.74, 6) is 0.304. The number of hydrogen-bond acceptors (Lipinski definition) is 7. The highest BCUT2D eigenvalue weighted by molar-refractivity contribution is 7.92. The van der Waals surface area contributed by atoms with E-state index in [1.807, 2.05) is 0 Å². The summed E-state index contributed by atoms with van der Waals surface area (Å²) in [4.78, 5) is 13.0. The van der Waals surface area contributed by atoms with E-state index in [4.69, 9.17) is 9.47 Å². The Morgan fingerprint density at radius 2 is 1.50 bits per heavy atom. The van der Waals surface area contributed by atoms with E-state index >= 15 is 0 Å². The lowest BCUT2D eigenvalue weighted by Crippen LogP contribution is -2.28. The van der Waals surface area contributed by atoms with Crippen LogP contribution in [0.2, 0.25) is 0 Å². The van der Waals surface area contributed by atoms with Gasteiger partial charge in [0.15, 0.2) is 0 Å². The van der Waals surface area contributed by atoms with E-state index in [9.17, 15) is 21.6 Å². The number of anilines is 2. The van der Waals surface area contributed by atoms with Crippen LogP contribution in [0.15, 0.2) is 70.5 Å². The van der Waals surface area contributed by atoms with Gasteiger partial charge in [0.1, 0.15) is 11.5 Å². The molecule has 1 amide bonds. The third kappa shape index (κ3) is 5.77. The van der Waals surface area contributed by atoms with Crippen molar-refractivity contribution in [3.8, 4) is 11.5 Å². The molecule has 1 heterocycles. The van der Waals surface area contributed by atoms with Crippen LogP contribution >= 0.6 is 0 Å². The monoisotopic (exact) mass is 559 g/mol. The van der Waals surface area contributed by atoms with Crippen molar-refractivity contribution in [1.82, 2.24) is 4.31 Å². The summed E-state index contributed by atoms with van der Waals surface area (Å²) in [6.45, 7) is 2.65. The Kier molecular flexibility index (Phi) is 7.95. The van der Waals surface area contributed by atoms with Crippen molar-refractivity contribution in [3.63, 3.8) is 0 Å². The largest absolute Gasteiger partial charge is 0.497 e. The van der Waals surface area contributed by atoms with Gasteiger partial charge in [-0.2, -0.15) is 4.31 Å². The van der Waals surface area contributed by atoms with E-state index in [0.717, 1.165) is 12.8 Å². The summed E-state index contributed by atoms with van der Waals surface area (Å²) in [7, 11) is -4.72. The summed E-state index contributed by atoms with van der Waals surface area (Å²) in [6, 6.07) is 14.8. The van der Waals surface area contributed by atoms with Crippen molar-refractivity contribution < 1.29 is 31.1 Å². The number of sulfonamides is 2. The second-order valence-electron chi connectivity index (χ2n) is 8.74. The molecule has 0 spiro atoms. The molecule has 0 unspecified atom stereocenters. The van der Waals surface area contributed by atoms with Gasteiger partial charge < -0.3 is 14.8 Å². The van der Waals surface area contributed by atoms with Gasteiger partial charge in [-0.1, -0.05) is 6.07 Å². The van der Waals surface area contributed by atoms with Gasteiger partial charge in [-0.05, 0) is 73.9 Å². The van der Waals surface area contributed by atoms with Crippen LogP contribution in [0, 0.1) is 6.92 Å². The molecule has 12 heteroatoms. The first kappa shape index (κ1) is 27.4. The van der Waals surface area contributed by atoms with Crippen LogP contribution in [0.5, 0.6) is 11.5 Å². The quantitative estimate of drug-likeness (QED) is 0.407. The van der Waals surface area contributed by atoms with Gasteiger partial charge in [-0.25, -0.2) is 16.8 Å². The minimum Gasteiger partial charge on any atom is -0.497 e. The fourth-order valence-corrected chi connectivity index (χ4v) is 6.70. The predicted octanol–water partition coefficient (Wildman–Crippen LogP) is 3.85. The number of carbonyl (C=O) groups excluding carboxylic acids is 1. The molecule has 10 nitrogen and oxygen atoms in total. The molecule has 202 valence electrons. The molecular formula is C26H29N3O7S2. The lowest BCUT2D eigenvalue weighted by atomic mass is 10.1. The molecule has 38 heavy (non-hydrogen) atoms. The maximum absolute atomic E-state index is 13.0. The van der Waals surface area contributed by atoms with Crippen molar-refractivity contribution >= 4 is 37.3 Å². The summed E-state index contributed by atoms with van der Waals surface area (Å²) in [6.07, 6.45) is 1.63. The van der Waals surface area contributed by atoms with E-state index in [1.165, 1.54) is 61.0 Å². The Morgan fingerprint density at radius 3 is 2.13 bits per heavy atom. The number of carbonyl (C=O) groups is 1. The zero-order valence-electron chi connectivity index (χ0n) is 21.2. The maximum Gasteiger partial charge on any atom is 0.262 e. The van der Waals surface area contributed by atoms with Crippen LogP contribution in [0.4, 0.5) is 11.4 Å². The molecule has 0 atom stereocenters. The van der Waals surface area contributed by atoms with Crippen molar-refractivity contribution in [2.24, 2.45) is 0 Å². The Morgan fingerprint density at radius 1 is 0.842 bits per heavy atom. The number of nitrogens with zero attached hydrogens (tertiary/aromatic N) is 1. The van der Waals surface area contributed by atoms with Gasteiger partial charge in [0, 0.05) is 30.4 Å². The number of hydrogen-bond donors (Lipinski definition) is 2. The topological polar surface area (TPSA) is 131 Å². The van der Waals surface area contributed by atoms with Gasteiger partial charge >= 0.3 is 0 Å². The highest BCUT2D eigenvalue weighted by atomic mass is 32.2. The third-order valence-corrected chi connectivity index (χ3v) is 9.51. The van der Waals surface area contributed by atoms with Gasteiger partial charge in [-0.15, -0.1) is 0 Å². The Labute approximate surface area is 222 Å². The zero-order chi connectivity index (χ0) is 27.5. The zero-order valence-corrected chi connectivity index (χ0v) is 22.9. The predicted molar refractivity (Wildman–Crippen MR) is 144 cm³/mol. The molecule has 4 rings (SSSR count). The van der Waals surface area contributed by atoms with Crippen molar-refractivity contribution in [2.45, 2.75) is 29.6 Å². The lowest BCUT2D eigenvalue weighted by Gasteiger charge is -2.17. The molecule has 0 radical (unpaired) electrons. The van der Waals surface area contributed by atoms with Crippen LogP contribution in [-0.2, 0) is 20.0 Å². The van der Waals surface area contributed by atoms with Crippen LogP contribution in [0.25, 0.3) is 0 Å². The third-order valence-electron chi connectivity index (χ3n) is 6.23. The molecule has 0 aliphatic carbocycles. The average molecular weight is 560 g/mol. The van der Waals surface area contributed by atoms with Gasteiger partial charge in [0.2, 0.25) is 10.0 Å². The van der Waals surface area contributed by atoms with Gasteiger partial charge in [0.05, 0.1) is 29.7 Å². The van der Waals surface area contributed by atoms with Crippen LogP contribution in [0.3, 0.4) is 0 Å². The molecule has 3 aromatic rings. The van der Waals surface area contributed by atoms with Crippen molar-refractivity contribution in [1.29, 1.82) is 0 Å². The van der Waals surface area contributed by atoms with Crippen LogP contribution in [-0.4, -0.2) is 54.4 Å². The molecule has 0 bridgehead atoms. The van der Waals surface area contributed by atoms with E-state index in [1.54, 1.807) is 25.1 Å². The Balaban J connectivity index is 1.50. The minimum absolute atomic E-state index is 0.0248. The minimum atomic E-state index is -3.95. The molecule has 1 saturated heterocycles. The number of amides is 1. The van der Waals surface area contributed by atoms with E-state index in [2.05, 4.69) is 10.0 Å². The molecule has 0 saturated carbocycles. The number of rotatable bonds is 9. The smallest absolute Gasteiger partial charge is 0.262 e. The SMILES string of the molecule is COc1ccc(NS(=O)(=O)c2ccc(NC(=O)c3cc(S(=O)(=O)N4CCCC4)ccc3C)cc2)c(OC)c1. The molecule has 1 fully saturated rings. The maximum atomic E-state index is 13.0. The highest BCUT2D eigenvalue weighted by Crippen LogP contribution is 2.31. The molecule has 0 aromatic heterocycles. The lowest BCUT2D eigenvalue weighted by molar-refractivity contribution is 0.102. The molecule has 3 aromatic carbocycles. The summed E-state index contributed by atoms with van der Waals surface area (Å²) in [5.41, 5.74) is 1.42. The van der Waals surface area contributed by atoms with E-state index in [0.29, 0.717) is 35.8 Å². The first-order valence-electron chi connectivity index (χ1n) is 11.8. The Bertz CT molecular complexity index is 1550. The van der Waals surface area contributed by atoms with E-state index < -0.39 is 26.0 Å². The normalized spacial score (nSPS) is 14.2. The van der Waals surface area contributed by atoms with Gasteiger partial charge in [-0.3, -0.25) is 9.52 Å². The molecule has 1 aliphatic rings. The summed E-state index contributed by atoms with van der Waals surface area (Å²) < 4.78 is 66.0. The number of nitrogens with one attached hydrogen (secondary N) is 2. The highest BCUT2D eigenvalue weighted by Gasteiger charge is 2.28. The summed E-state index contributed by atoms with van der Waals surface area (Å²) >= 11 is 0. The fourth-order valence-electron chi connectivity index (χ4n) is 4.09. The number of ether oxygens (including phenoxy) is 2. The van der Waals surface area contributed by atoms with E-state index in [-0.39, 0.29) is 21.0 Å². The Hall–Kier alpha value is -3.61. The van der Waals surface area contributed by atoms with Crippen LogP contribution in [0.1, 0.15) is 28.8 Å². The van der Waals surface area contributed by atoms with Crippen molar-refractivity contribution in [3.05, 3.63) is 71.8 Å². The number of aryl methyl sites for hydroxylation is 1. The summed E-state index contributed by atoms with van der Waals surface area (Å²) in [5, 5.41) is 2.71. The second kappa shape index (κ2) is 11.0. The first-order valence-corrected chi connectivity index (χ1v) is 14.7. The van der Waals surface area contributed by atoms with Crippen LogP contribution < -0.4 is 19.5 Å². The standard InChI is InChI=1S/C26H29N3O7S2/c1-18-6-10-22(38(33,34)29-14-4-5-15-29)17-23(18)26(30)27-19-7-11-21(12-8-19)37(31,32)28-24-13-9-20(35-2)16-25(24)36-3/h6-13,16-17,28H,4-5,14-15H2,1-3H3,(H,27,30). The number of methoxy groups -OCH3 is 2. The first-order chi connectivity index (χ1) is 18.0. The van der Waals surface area contributed by atoms with Gasteiger partial charge in [0.25, 0.3) is 15.9 Å². The second-order valence-corrected chi connectivity index (χ2v) is 12.4. The number of benzene rings is 3. The average Bonchev–Trinajstić information content (AvgIpc) is 3.45. The van der Waals surface area contributed by atoms with Crippen molar-refractivity contribution in [2.75, 3.05) is 37.3 Å². The fraction of sp³-hybridized carbons (Fsp3) is 0.269. The molecule has 2 N–H and O–H groups in total. The molecule has 1 aliphatic heterocycles. The molecular weight excluding hydrogens is 530 g/mol.